The molecule has 0 radical (unpaired) electrons. The minimum atomic E-state index is -0.157. The van der Waals surface area contributed by atoms with Crippen molar-refractivity contribution >= 4 is 11.9 Å². The fraction of sp³-hybridized carbons (Fsp3) is 0.333. The number of rotatable bonds is 5. The van der Waals surface area contributed by atoms with Crippen LogP contribution in [-0.2, 0) is 6.54 Å². The van der Waals surface area contributed by atoms with Crippen LogP contribution >= 0.6 is 0 Å². The maximum absolute atomic E-state index is 11.6. The first-order valence-electron chi connectivity index (χ1n) is 5.45. The number of hydrogen-bond acceptors (Lipinski definition) is 2. The molecule has 0 spiro atoms. The smallest absolute Gasteiger partial charge is 0.317 e. The van der Waals surface area contributed by atoms with E-state index in [0.29, 0.717) is 19.5 Å². The van der Waals surface area contributed by atoms with Crippen molar-refractivity contribution in [1.82, 2.24) is 10.2 Å². The lowest BCUT2D eigenvalue weighted by molar-refractivity contribution is 0.209. The Labute approximate surface area is 101 Å². The topological polar surface area (TPSA) is 82.2 Å². The Hall–Kier alpha value is -2.04. The van der Waals surface area contributed by atoms with Gasteiger partial charge in [0.2, 0.25) is 0 Å². The summed E-state index contributed by atoms with van der Waals surface area (Å²) >= 11 is 0. The maximum Gasteiger partial charge on any atom is 0.317 e. The fourth-order valence-corrected chi connectivity index (χ4v) is 1.30. The molecule has 0 unspecified atom stereocenters. The summed E-state index contributed by atoms with van der Waals surface area (Å²) in [5.41, 5.74) is 6.29. The Kier molecular flexibility index (Phi) is 5.00. The first-order valence-corrected chi connectivity index (χ1v) is 5.45. The molecule has 1 rings (SSSR count). The van der Waals surface area contributed by atoms with Crippen LogP contribution in [0, 0.1) is 5.41 Å². The second-order valence-corrected chi connectivity index (χ2v) is 3.84. The van der Waals surface area contributed by atoms with Gasteiger partial charge in [-0.15, -0.1) is 0 Å². The number of urea groups is 1. The number of nitrogens with two attached hydrogens (primary N) is 1. The highest BCUT2D eigenvalue weighted by atomic mass is 16.2. The molecule has 1 aromatic carbocycles. The lowest BCUT2D eigenvalue weighted by atomic mass is 10.2. The van der Waals surface area contributed by atoms with Gasteiger partial charge in [0, 0.05) is 26.6 Å². The number of amides is 2. The zero-order valence-corrected chi connectivity index (χ0v) is 9.94. The second-order valence-electron chi connectivity index (χ2n) is 3.84. The highest BCUT2D eigenvalue weighted by Crippen LogP contribution is 1.98. The minimum Gasteiger partial charge on any atom is -0.388 e. The van der Waals surface area contributed by atoms with Gasteiger partial charge in [-0.25, -0.2) is 4.79 Å². The summed E-state index contributed by atoms with van der Waals surface area (Å²) in [6, 6.07) is 9.55. The molecular weight excluding hydrogens is 216 g/mol. The number of carbonyl (C=O) groups excluding carboxylic acids is 1. The predicted octanol–water partition coefficient (Wildman–Crippen LogP) is 1.15. The number of nitrogens with zero attached hydrogens (tertiary/aromatic N) is 1. The van der Waals surface area contributed by atoms with E-state index in [4.69, 9.17) is 11.1 Å². The van der Waals surface area contributed by atoms with Gasteiger partial charge in [0.15, 0.2) is 0 Å². The summed E-state index contributed by atoms with van der Waals surface area (Å²) in [6.07, 6.45) is 0.398. The van der Waals surface area contributed by atoms with Gasteiger partial charge in [-0.05, 0) is 5.56 Å². The van der Waals surface area contributed by atoms with E-state index < -0.39 is 0 Å². The average molecular weight is 234 g/mol. The Morgan fingerprint density at radius 3 is 2.65 bits per heavy atom. The molecule has 17 heavy (non-hydrogen) atoms. The van der Waals surface area contributed by atoms with E-state index in [-0.39, 0.29) is 11.9 Å². The fourth-order valence-electron chi connectivity index (χ4n) is 1.30. The van der Waals surface area contributed by atoms with E-state index in [0.717, 1.165) is 5.56 Å². The van der Waals surface area contributed by atoms with Crippen LogP contribution in [-0.4, -0.2) is 30.4 Å². The Balaban J connectivity index is 2.32. The van der Waals surface area contributed by atoms with Gasteiger partial charge in [-0.1, -0.05) is 30.3 Å². The molecule has 0 aliphatic heterocycles. The number of benzene rings is 1. The molecule has 2 amide bonds. The van der Waals surface area contributed by atoms with Gasteiger partial charge in [-0.2, -0.15) is 0 Å². The van der Waals surface area contributed by atoms with Crippen molar-refractivity contribution in [2.45, 2.75) is 13.0 Å². The largest absolute Gasteiger partial charge is 0.388 e. The highest BCUT2D eigenvalue weighted by molar-refractivity contribution is 5.78. The first-order chi connectivity index (χ1) is 8.09. The van der Waals surface area contributed by atoms with Crippen LogP contribution in [0.4, 0.5) is 4.79 Å². The molecule has 0 saturated heterocycles. The molecule has 0 aliphatic rings. The molecule has 4 N–H and O–H groups in total. The summed E-state index contributed by atoms with van der Waals surface area (Å²) < 4.78 is 0. The molecule has 92 valence electrons. The highest BCUT2D eigenvalue weighted by Gasteiger charge is 2.07. The lowest BCUT2D eigenvalue weighted by Gasteiger charge is -2.17. The zero-order chi connectivity index (χ0) is 12.7. The number of nitrogens with one attached hydrogen (secondary N) is 2. The summed E-state index contributed by atoms with van der Waals surface area (Å²) in [6.45, 7) is 0.958. The van der Waals surface area contributed by atoms with Crippen molar-refractivity contribution in [2.24, 2.45) is 5.73 Å². The van der Waals surface area contributed by atoms with E-state index in [9.17, 15) is 4.79 Å². The molecule has 5 heteroatoms. The summed E-state index contributed by atoms with van der Waals surface area (Å²) in [5, 5.41) is 9.88. The van der Waals surface area contributed by atoms with Crippen LogP contribution in [0.25, 0.3) is 0 Å². The zero-order valence-electron chi connectivity index (χ0n) is 9.94. The van der Waals surface area contributed by atoms with Crippen LogP contribution in [0.3, 0.4) is 0 Å². The number of hydrogen-bond donors (Lipinski definition) is 3. The molecule has 0 saturated carbocycles. The van der Waals surface area contributed by atoms with E-state index in [2.05, 4.69) is 5.32 Å². The molecule has 1 aromatic rings. The predicted molar refractivity (Wildman–Crippen MR) is 67.8 cm³/mol. The van der Waals surface area contributed by atoms with Gasteiger partial charge in [0.05, 0.1) is 5.84 Å². The summed E-state index contributed by atoms with van der Waals surface area (Å²) in [7, 11) is 1.68. The molecule has 0 aromatic heterocycles. The Morgan fingerprint density at radius 2 is 2.06 bits per heavy atom. The first kappa shape index (κ1) is 13.0. The van der Waals surface area contributed by atoms with E-state index >= 15 is 0 Å². The number of carbonyl (C=O) groups is 1. The van der Waals surface area contributed by atoms with Crippen molar-refractivity contribution in [3.05, 3.63) is 35.9 Å². The second kappa shape index (κ2) is 6.52. The summed E-state index contributed by atoms with van der Waals surface area (Å²) in [5.74, 6) is 0.0905. The van der Waals surface area contributed by atoms with Crippen LogP contribution in [0.2, 0.25) is 0 Å². The average Bonchev–Trinajstić information content (AvgIpc) is 2.34. The van der Waals surface area contributed by atoms with Crippen LogP contribution < -0.4 is 11.1 Å². The van der Waals surface area contributed by atoms with Crippen LogP contribution in [0.1, 0.15) is 12.0 Å². The molecule has 5 nitrogen and oxygen atoms in total. The third-order valence-electron chi connectivity index (χ3n) is 2.35. The molecular formula is C12H18N4O. The van der Waals surface area contributed by atoms with Crippen molar-refractivity contribution < 1.29 is 4.79 Å². The quantitative estimate of drug-likeness (QED) is 0.527. The van der Waals surface area contributed by atoms with Crippen LogP contribution in [0.5, 0.6) is 0 Å². The molecule has 0 aliphatic carbocycles. The van der Waals surface area contributed by atoms with Crippen LogP contribution in [0.15, 0.2) is 30.3 Å². The standard InChI is InChI=1S/C12H18N4O/c1-16(8-7-11(13)14)12(17)15-9-10-5-3-2-4-6-10/h2-6H,7-9H2,1H3,(H3,13,14)(H,15,17). The van der Waals surface area contributed by atoms with E-state index in [1.165, 1.54) is 4.90 Å². The molecule has 0 atom stereocenters. The molecule has 0 heterocycles. The van der Waals surface area contributed by atoms with E-state index in [1.54, 1.807) is 7.05 Å². The van der Waals surface area contributed by atoms with Gasteiger partial charge in [-0.3, -0.25) is 5.41 Å². The van der Waals surface area contributed by atoms with E-state index in [1.807, 2.05) is 30.3 Å². The van der Waals surface area contributed by atoms with Crippen molar-refractivity contribution in [2.75, 3.05) is 13.6 Å². The molecule has 0 fully saturated rings. The third kappa shape index (κ3) is 5.01. The monoisotopic (exact) mass is 234 g/mol. The Morgan fingerprint density at radius 1 is 1.41 bits per heavy atom. The lowest BCUT2D eigenvalue weighted by Crippen LogP contribution is -2.38. The van der Waals surface area contributed by atoms with Gasteiger partial charge >= 0.3 is 6.03 Å². The third-order valence-corrected chi connectivity index (χ3v) is 2.35. The van der Waals surface area contributed by atoms with Gasteiger partial charge in [0.1, 0.15) is 0 Å². The maximum atomic E-state index is 11.6. The van der Waals surface area contributed by atoms with Gasteiger partial charge in [0.25, 0.3) is 0 Å². The SMILES string of the molecule is CN(CCC(=N)N)C(=O)NCc1ccccc1. The van der Waals surface area contributed by atoms with Crippen molar-refractivity contribution in [1.29, 1.82) is 5.41 Å². The normalized spacial score (nSPS) is 9.71. The van der Waals surface area contributed by atoms with Crippen molar-refractivity contribution in [3.8, 4) is 0 Å². The van der Waals surface area contributed by atoms with Crippen molar-refractivity contribution in [3.63, 3.8) is 0 Å². The minimum absolute atomic E-state index is 0.0905. The molecule has 0 bridgehead atoms. The summed E-state index contributed by atoms with van der Waals surface area (Å²) in [4.78, 5) is 13.2. The number of amidine groups is 1. The van der Waals surface area contributed by atoms with Gasteiger partial charge < -0.3 is 16.0 Å². The Bertz CT molecular complexity index is 377.